The van der Waals surface area contributed by atoms with Crippen LogP contribution in [-0.4, -0.2) is 21.9 Å². The van der Waals surface area contributed by atoms with Gasteiger partial charge in [-0.3, -0.25) is 4.79 Å². The third-order valence-corrected chi connectivity index (χ3v) is 4.70. The molecule has 0 spiro atoms. The fourth-order valence-electron chi connectivity index (χ4n) is 2.40. The number of furan rings is 1. The predicted molar refractivity (Wildman–Crippen MR) is 103 cm³/mol. The standard InChI is InChI=1S/C20H15N3O3S/c24-18(13-27-16-5-2-1-3-6-16)21-15-10-8-14(9-11-15)19-22-23-20(26-19)17-7-4-12-25-17/h1-12H,13H2,(H,21,24). The van der Waals surface area contributed by atoms with Crippen molar-refractivity contribution in [3.8, 4) is 23.1 Å². The first-order chi connectivity index (χ1) is 13.3. The summed E-state index contributed by atoms with van der Waals surface area (Å²) in [6.07, 6.45) is 1.55. The first-order valence-corrected chi connectivity index (χ1v) is 9.22. The number of hydrogen-bond donors (Lipinski definition) is 1. The van der Waals surface area contributed by atoms with Crippen molar-refractivity contribution in [3.05, 3.63) is 73.0 Å². The van der Waals surface area contributed by atoms with E-state index in [1.807, 2.05) is 42.5 Å². The highest BCUT2D eigenvalue weighted by molar-refractivity contribution is 8.00. The highest BCUT2D eigenvalue weighted by atomic mass is 32.2. The van der Waals surface area contributed by atoms with Crippen LogP contribution >= 0.6 is 11.8 Å². The van der Waals surface area contributed by atoms with Gasteiger partial charge in [0.15, 0.2) is 5.76 Å². The van der Waals surface area contributed by atoms with Gasteiger partial charge in [-0.15, -0.1) is 22.0 Å². The summed E-state index contributed by atoms with van der Waals surface area (Å²) in [5, 5.41) is 10.9. The Labute approximate surface area is 159 Å². The van der Waals surface area contributed by atoms with Crippen LogP contribution in [0.4, 0.5) is 5.69 Å². The van der Waals surface area contributed by atoms with Gasteiger partial charge >= 0.3 is 0 Å². The van der Waals surface area contributed by atoms with E-state index in [9.17, 15) is 4.79 Å². The van der Waals surface area contributed by atoms with Crippen LogP contribution < -0.4 is 5.32 Å². The largest absolute Gasteiger partial charge is 0.459 e. The lowest BCUT2D eigenvalue weighted by molar-refractivity contribution is -0.113. The number of anilines is 1. The van der Waals surface area contributed by atoms with Crippen LogP contribution in [0.5, 0.6) is 0 Å². The lowest BCUT2D eigenvalue weighted by Crippen LogP contribution is -2.13. The van der Waals surface area contributed by atoms with Gasteiger partial charge < -0.3 is 14.2 Å². The minimum absolute atomic E-state index is 0.0606. The zero-order valence-electron chi connectivity index (χ0n) is 14.2. The normalized spacial score (nSPS) is 10.7. The molecule has 134 valence electrons. The average molecular weight is 377 g/mol. The summed E-state index contributed by atoms with van der Waals surface area (Å²) < 4.78 is 10.9. The van der Waals surface area contributed by atoms with E-state index in [4.69, 9.17) is 8.83 Å². The molecule has 1 amide bonds. The van der Waals surface area contributed by atoms with E-state index < -0.39 is 0 Å². The summed E-state index contributed by atoms with van der Waals surface area (Å²) in [5.74, 6) is 1.52. The first-order valence-electron chi connectivity index (χ1n) is 8.23. The van der Waals surface area contributed by atoms with Gasteiger partial charge in [0.2, 0.25) is 11.8 Å². The van der Waals surface area contributed by atoms with E-state index in [0.717, 1.165) is 10.5 Å². The molecule has 0 bridgehead atoms. The van der Waals surface area contributed by atoms with Crippen LogP contribution in [0.15, 0.2) is 86.7 Å². The average Bonchev–Trinajstić information content (AvgIpc) is 3.39. The third kappa shape index (κ3) is 4.27. The molecule has 0 radical (unpaired) electrons. The molecule has 2 aromatic carbocycles. The van der Waals surface area contributed by atoms with Gasteiger partial charge in [0.05, 0.1) is 12.0 Å². The summed E-state index contributed by atoms with van der Waals surface area (Å²) >= 11 is 1.50. The van der Waals surface area contributed by atoms with E-state index in [2.05, 4.69) is 15.5 Å². The van der Waals surface area contributed by atoms with Gasteiger partial charge in [-0.05, 0) is 48.5 Å². The van der Waals surface area contributed by atoms with E-state index >= 15 is 0 Å². The summed E-state index contributed by atoms with van der Waals surface area (Å²) in [6.45, 7) is 0. The van der Waals surface area contributed by atoms with Crippen LogP contribution in [0.3, 0.4) is 0 Å². The molecule has 4 aromatic rings. The van der Waals surface area contributed by atoms with Gasteiger partial charge in [0, 0.05) is 16.1 Å². The fraction of sp³-hybridized carbons (Fsp3) is 0.0500. The fourth-order valence-corrected chi connectivity index (χ4v) is 3.12. The number of amides is 1. The minimum Gasteiger partial charge on any atom is -0.459 e. The third-order valence-electron chi connectivity index (χ3n) is 3.69. The molecule has 0 atom stereocenters. The molecule has 0 fully saturated rings. The molecule has 6 nitrogen and oxygen atoms in total. The molecular formula is C20H15N3O3S. The van der Waals surface area contributed by atoms with Crippen molar-refractivity contribution in [2.45, 2.75) is 4.90 Å². The Bertz CT molecular complexity index is 1010. The molecule has 0 saturated carbocycles. The molecule has 0 aliphatic rings. The summed E-state index contributed by atoms with van der Waals surface area (Å²) in [6, 6.07) is 20.6. The number of carbonyl (C=O) groups excluding carboxylic acids is 1. The van der Waals surface area contributed by atoms with Gasteiger partial charge in [0.25, 0.3) is 5.89 Å². The summed E-state index contributed by atoms with van der Waals surface area (Å²) in [5.41, 5.74) is 1.47. The molecule has 27 heavy (non-hydrogen) atoms. The second-order valence-corrected chi connectivity index (χ2v) is 6.67. The van der Waals surface area contributed by atoms with Crippen molar-refractivity contribution in [1.29, 1.82) is 0 Å². The molecule has 0 aliphatic carbocycles. The van der Waals surface area contributed by atoms with E-state index in [1.54, 1.807) is 30.5 Å². The number of rotatable bonds is 6. The van der Waals surface area contributed by atoms with E-state index in [-0.39, 0.29) is 5.91 Å². The van der Waals surface area contributed by atoms with Gasteiger partial charge in [-0.1, -0.05) is 18.2 Å². The number of benzene rings is 2. The van der Waals surface area contributed by atoms with Crippen molar-refractivity contribution in [1.82, 2.24) is 10.2 Å². The molecule has 7 heteroatoms. The van der Waals surface area contributed by atoms with Gasteiger partial charge in [0.1, 0.15) is 0 Å². The quantitative estimate of drug-likeness (QED) is 0.489. The zero-order valence-corrected chi connectivity index (χ0v) is 15.0. The Morgan fingerprint density at radius 3 is 2.44 bits per heavy atom. The lowest BCUT2D eigenvalue weighted by Gasteiger charge is -2.05. The van der Waals surface area contributed by atoms with Crippen LogP contribution in [0.1, 0.15) is 0 Å². The number of aromatic nitrogens is 2. The summed E-state index contributed by atoms with van der Waals surface area (Å²) in [7, 11) is 0. The molecule has 2 aromatic heterocycles. The van der Waals surface area contributed by atoms with Crippen molar-refractivity contribution in [2.24, 2.45) is 0 Å². The Morgan fingerprint density at radius 1 is 0.926 bits per heavy atom. The maximum atomic E-state index is 12.1. The number of thioether (sulfide) groups is 1. The van der Waals surface area contributed by atoms with Crippen molar-refractivity contribution in [3.63, 3.8) is 0 Å². The Balaban J connectivity index is 1.37. The zero-order chi connectivity index (χ0) is 18.5. The van der Waals surface area contributed by atoms with Crippen molar-refractivity contribution >= 4 is 23.4 Å². The Hall–Kier alpha value is -3.32. The number of carbonyl (C=O) groups is 1. The van der Waals surface area contributed by atoms with Crippen LogP contribution in [-0.2, 0) is 4.79 Å². The Kier molecular flexibility index (Phi) is 5.02. The second-order valence-electron chi connectivity index (χ2n) is 5.62. The molecule has 2 heterocycles. The Morgan fingerprint density at radius 2 is 1.70 bits per heavy atom. The SMILES string of the molecule is O=C(CSc1ccccc1)Nc1ccc(-c2nnc(-c3ccco3)o2)cc1. The van der Waals surface area contributed by atoms with E-state index in [0.29, 0.717) is 29.0 Å². The first kappa shape index (κ1) is 17.1. The molecule has 4 rings (SSSR count). The van der Waals surface area contributed by atoms with Gasteiger partial charge in [-0.25, -0.2) is 0 Å². The maximum absolute atomic E-state index is 12.1. The lowest BCUT2D eigenvalue weighted by atomic mass is 10.2. The van der Waals surface area contributed by atoms with Gasteiger partial charge in [-0.2, -0.15) is 0 Å². The highest BCUT2D eigenvalue weighted by Gasteiger charge is 2.12. The number of nitrogens with zero attached hydrogens (tertiary/aromatic N) is 2. The van der Waals surface area contributed by atoms with Crippen LogP contribution in [0, 0.1) is 0 Å². The number of hydrogen-bond acceptors (Lipinski definition) is 6. The topological polar surface area (TPSA) is 81.2 Å². The highest BCUT2D eigenvalue weighted by Crippen LogP contribution is 2.25. The monoisotopic (exact) mass is 377 g/mol. The molecular weight excluding hydrogens is 362 g/mol. The van der Waals surface area contributed by atoms with Crippen LogP contribution in [0.2, 0.25) is 0 Å². The van der Waals surface area contributed by atoms with Crippen molar-refractivity contribution < 1.29 is 13.6 Å². The van der Waals surface area contributed by atoms with Crippen molar-refractivity contribution in [2.75, 3.05) is 11.1 Å². The maximum Gasteiger partial charge on any atom is 0.283 e. The molecule has 0 aliphatic heterocycles. The number of nitrogens with one attached hydrogen (secondary N) is 1. The van der Waals surface area contributed by atoms with E-state index in [1.165, 1.54) is 11.8 Å². The predicted octanol–water partition coefficient (Wildman–Crippen LogP) is 4.73. The minimum atomic E-state index is -0.0606. The molecule has 1 N–H and O–H groups in total. The summed E-state index contributed by atoms with van der Waals surface area (Å²) in [4.78, 5) is 13.2. The van der Waals surface area contributed by atoms with Crippen LogP contribution in [0.25, 0.3) is 23.1 Å². The molecule has 0 unspecified atom stereocenters. The second kappa shape index (κ2) is 7.92. The smallest absolute Gasteiger partial charge is 0.283 e. The molecule has 0 saturated heterocycles.